The molecular weight excluding hydrogens is 356 g/mol. The van der Waals surface area contributed by atoms with Crippen LogP contribution in [0.5, 0.6) is 0 Å². The van der Waals surface area contributed by atoms with Crippen LogP contribution in [0.4, 0.5) is 0 Å². The van der Waals surface area contributed by atoms with Gasteiger partial charge in [-0.15, -0.1) is 0 Å². The molecule has 5 nitrogen and oxygen atoms in total. The molecule has 2 heterocycles. The summed E-state index contributed by atoms with van der Waals surface area (Å²) in [5.74, 6) is 0.628. The smallest absolute Gasteiger partial charge is 0.334 e. The van der Waals surface area contributed by atoms with Gasteiger partial charge in [-0.1, -0.05) is 25.2 Å². The Bertz CT molecular complexity index is 879. The summed E-state index contributed by atoms with van der Waals surface area (Å²) in [6, 6.07) is 0. The third kappa shape index (κ3) is 1.94. The molecule has 0 bridgehead atoms. The molecule has 3 aliphatic carbocycles. The number of ether oxygens (including phenoxy) is 1. The van der Waals surface area contributed by atoms with E-state index in [4.69, 9.17) is 14.5 Å². The van der Waals surface area contributed by atoms with Crippen LogP contribution in [0.15, 0.2) is 35.5 Å². The Hall–Kier alpha value is -1.72. The molecule has 0 aromatic heterocycles. The van der Waals surface area contributed by atoms with Gasteiger partial charge in [-0.25, -0.2) is 14.6 Å². The predicted molar refractivity (Wildman–Crippen MR) is 102 cm³/mol. The Labute approximate surface area is 165 Å². The summed E-state index contributed by atoms with van der Waals surface area (Å²) in [5.41, 5.74) is 1.07. The molecule has 0 radical (unpaired) electrons. The lowest BCUT2D eigenvalue weighted by Crippen LogP contribution is -2.70. The van der Waals surface area contributed by atoms with Crippen LogP contribution in [0.2, 0.25) is 0 Å². The van der Waals surface area contributed by atoms with Crippen molar-refractivity contribution in [2.24, 2.45) is 29.1 Å². The van der Waals surface area contributed by atoms with Crippen LogP contribution < -0.4 is 0 Å². The highest BCUT2D eigenvalue weighted by Gasteiger charge is 2.78. The molecule has 0 unspecified atom stereocenters. The van der Waals surface area contributed by atoms with Gasteiger partial charge in [0.1, 0.15) is 11.7 Å². The van der Waals surface area contributed by atoms with E-state index in [1.165, 1.54) is 12.5 Å². The zero-order valence-electron chi connectivity index (χ0n) is 17.2. The number of rotatable bonds is 2. The monoisotopic (exact) mass is 384 g/mol. The van der Waals surface area contributed by atoms with Gasteiger partial charge in [-0.2, -0.15) is 0 Å². The molecule has 28 heavy (non-hydrogen) atoms. The Morgan fingerprint density at radius 3 is 2.68 bits per heavy atom. The Morgan fingerprint density at radius 1 is 1.29 bits per heavy atom. The van der Waals surface area contributed by atoms with E-state index in [9.17, 15) is 9.59 Å². The van der Waals surface area contributed by atoms with Crippen molar-refractivity contribution in [3.05, 3.63) is 35.5 Å². The van der Waals surface area contributed by atoms with E-state index < -0.39 is 17.3 Å². The summed E-state index contributed by atoms with van der Waals surface area (Å²) < 4.78 is 6.21. The molecular formula is C23H28O5. The second-order valence-electron chi connectivity index (χ2n) is 10.0. The maximum atomic E-state index is 12.8. The number of allylic oxidation sites excluding steroid dienone is 2. The van der Waals surface area contributed by atoms with Gasteiger partial charge < -0.3 is 4.74 Å². The summed E-state index contributed by atoms with van der Waals surface area (Å²) in [5, 5.41) is 0. The van der Waals surface area contributed by atoms with Crippen LogP contribution >= 0.6 is 0 Å². The number of carbonyl (C=O) groups excluding carboxylic acids is 2. The van der Waals surface area contributed by atoms with E-state index in [-0.39, 0.29) is 29.0 Å². The van der Waals surface area contributed by atoms with E-state index in [0.29, 0.717) is 17.4 Å². The van der Waals surface area contributed by atoms with Gasteiger partial charge in [0.2, 0.25) is 0 Å². The second-order valence-corrected chi connectivity index (χ2v) is 10.0. The maximum Gasteiger partial charge on any atom is 0.334 e. The third-order valence-electron chi connectivity index (χ3n) is 8.21. The van der Waals surface area contributed by atoms with Crippen molar-refractivity contribution >= 4 is 11.8 Å². The lowest BCUT2D eigenvalue weighted by Gasteiger charge is -2.60. The largest absolute Gasteiger partial charge is 0.447 e. The van der Waals surface area contributed by atoms with Gasteiger partial charge in [-0.3, -0.25) is 4.79 Å². The van der Waals surface area contributed by atoms with Crippen molar-refractivity contribution in [1.82, 2.24) is 0 Å². The predicted octanol–water partition coefficient (Wildman–Crippen LogP) is 3.70. The highest BCUT2D eigenvalue weighted by Crippen LogP contribution is 2.75. The molecule has 1 spiro atoms. The van der Waals surface area contributed by atoms with Crippen LogP contribution in [0.25, 0.3) is 0 Å². The first-order valence-corrected chi connectivity index (χ1v) is 10.2. The van der Waals surface area contributed by atoms with Gasteiger partial charge in [0.15, 0.2) is 11.4 Å². The van der Waals surface area contributed by atoms with Gasteiger partial charge in [0.25, 0.3) is 0 Å². The lowest BCUT2D eigenvalue weighted by molar-refractivity contribution is -0.462. The van der Waals surface area contributed by atoms with Crippen molar-refractivity contribution < 1.29 is 24.1 Å². The minimum atomic E-state index is -0.933. The van der Waals surface area contributed by atoms with E-state index >= 15 is 0 Å². The van der Waals surface area contributed by atoms with Crippen molar-refractivity contribution in [2.45, 2.75) is 64.8 Å². The number of carbonyl (C=O) groups is 2. The molecule has 5 aliphatic rings. The average molecular weight is 384 g/mol. The Kier molecular flexibility index (Phi) is 3.43. The molecule has 150 valence electrons. The van der Waals surface area contributed by atoms with E-state index in [1.807, 2.05) is 26.8 Å². The standard InChI is InChI=1S/C23H28O5/c1-11(24)7-8-18-21(4,5)28-27-20-22(6)15(12(2)14-9-17(14)22)10-16-13(3)19(25)26-23(16,18)20/h7-8,14-15,17-18,20H,2,9-10H2,1,3-6H3/b8-7+/t14-,15+,17-,18-,20+,22-,23-/m1/s1. The molecule has 0 N–H and O–H groups in total. The molecule has 0 amide bonds. The fraction of sp³-hybridized carbons (Fsp3) is 0.652. The molecule has 3 saturated carbocycles. The fourth-order valence-corrected chi connectivity index (χ4v) is 6.77. The van der Waals surface area contributed by atoms with Crippen molar-refractivity contribution in [1.29, 1.82) is 0 Å². The average Bonchev–Trinajstić information content (AvgIpc) is 3.32. The summed E-state index contributed by atoms with van der Waals surface area (Å²) in [7, 11) is 0. The van der Waals surface area contributed by atoms with Crippen LogP contribution in [0.1, 0.15) is 47.5 Å². The second kappa shape index (κ2) is 5.25. The molecule has 2 aliphatic heterocycles. The minimum absolute atomic E-state index is 0.0433. The first-order valence-electron chi connectivity index (χ1n) is 10.2. The molecule has 4 fully saturated rings. The first kappa shape index (κ1) is 18.3. The number of ketones is 1. The molecule has 5 rings (SSSR count). The van der Waals surface area contributed by atoms with Gasteiger partial charge >= 0.3 is 5.97 Å². The van der Waals surface area contributed by atoms with Crippen molar-refractivity contribution in [2.75, 3.05) is 0 Å². The SMILES string of the molecule is C=C1[C@H]2C[C@H]2[C@]2(C)[C@@H]3OOC(C)(C)[C@@H](/C=C/C(C)=O)[C@@]34OC(=O)C(C)=C4C[C@@H]12. The van der Waals surface area contributed by atoms with E-state index in [1.54, 1.807) is 6.08 Å². The van der Waals surface area contributed by atoms with Gasteiger partial charge in [-0.05, 0) is 69.9 Å². The summed E-state index contributed by atoms with van der Waals surface area (Å²) >= 11 is 0. The van der Waals surface area contributed by atoms with E-state index in [2.05, 4.69) is 13.5 Å². The third-order valence-corrected chi connectivity index (χ3v) is 8.21. The number of esters is 1. The molecule has 0 aromatic carbocycles. The number of fused-ring (bicyclic) bond motifs is 4. The normalized spacial score (nSPS) is 48.1. The van der Waals surface area contributed by atoms with E-state index in [0.717, 1.165) is 18.4 Å². The summed E-state index contributed by atoms with van der Waals surface area (Å²) in [6.07, 6.45) is 4.89. The zero-order chi connectivity index (χ0) is 20.2. The Balaban J connectivity index is 1.73. The van der Waals surface area contributed by atoms with Crippen LogP contribution in [-0.4, -0.2) is 29.1 Å². The number of hydrogen-bond donors (Lipinski definition) is 0. The van der Waals surface area contributed by atoms with Gasteiger partial charge in [0.05, 0.1) is 5.92 Å². The van der Waals surface area contributed by atoms with Crippen LogP contribution in [0.3, 0.4) is 0 Å². The topological polar surface area (TPSA) is 61.8 Å². The van der Waals surface area contributed by atoms with Gasteiger partial charge in [0, 0.05) is 11.0 Å². The molecule has 0 aromatic rings. The van der Waals surface area contributed by atoms with Crippen LogP contribution in [0, 0.1) is 29.1 Å². The van der Waals surface area contributed by atoms with Crippen LogP contribution in [-0.2, 0) is 24.1 Å². The van der Waals surface area contributed by atoms with Crippen molar-refractivity contribution in [3.63, 3.8) is 0 Å². The molecule has 5 heteroatoms. The minimum Gasteiger partial charge on any atom is -0.447 e. The maximum absolute atomic E-state index is 12.8. The first-order chi connectivity index (χ1) is 13.0. The molecule has 1 saturated heterocycles. The highest BCUT2D eigenvalue weighted by molar-refractivity contribution is 5.93. The quantitative estimate of drug-likeness (QED) is 0.314. The zero-order valence-corrected chi connectivity index (χ0v) is 17.2. The summed E-state index contributed by atoms with van der Waals surface area (Å²) in [4.78, 5) is 36.6. The number of hydrogen-bond acceptors (Lipinski definition) is 5. The summed E-state index contributed by atoms with van der Waals surface area (Å²) in [6.45, 7) is 13.9. The highest BCUT2D eigenvalue weighted by atomic mass is 17.2. The Morgan fingerprint density at radius 2 is 2.00 bits per heavy atom. The fourth-order valence-electron chi connectivity index (χ4n) is 6.77. The lowest BCUT2D eigenvalue weighted by atomic mass is 9.52. The van der Waals surface area contributed by atoms with Crippen molar-refractivity contribution in [3.8, 4) is 0 Å². The molecule has 7 atom stereocenters.